The molecule has 3 aromatic rings. The molecule has 2 aromatic carbocycles. The number of carbonyl (C=O) groups excluding carboxylic acids is 2. The zero-order valence-corrected chi connectivity index (χ0v) is 24.1. The molecule has 4 rings (SSSR count). The monoisotopic (exact) mass is 586 g/mol. The molecule has 0 aliphatic carbocycles. The molecule has 0 atom stereocenters. The average Bonchev–Trinajstić information content (AvgIpc) is 3.34. The summed E-state index contributed by atoms with van der Waals surface area (Å²) in [5.41, 5.74) is 2.25. The van der Waals surface area contributed by atoms with Gasteiger partial charge >= 0.3 is 6.18 Å². The summed E-state index contributed by atoms with van der Waals surface area (Å²) in [6.07, 6.45) is -2.18. The highest BCUT2D eigenvalue weighted by Crippen LogP contribution is 2.34. The summed E-state index contributed by atoms with van der Waals surface area (Å²) in [6.45, 7) is 13.1. The Balaban J connectivity index is 1.59. The molecule has 216 valence electrons. The lowest BCUT2D eigenvalue weighted by atomic mass is 10.1. The Hall–Kier alpha value is -4.12. The molecule has 41 heavy (non-hydrogen) atoms. The van der Waals surface area contributed by atoms with Crippen LogP contribution in [0.25, 0.3) is 10.9 Å². The third kappa shape index (κ3) is 6.14. The van der Waals surface area contributed by atoms with Crippen LogP contribution in [0.1, 0.15) is 58.2 Å². The zero-order valence-electron chi connectivity index (χ0n) is 23.3. The van der Waals surface area contributed by atoms with Gasteiger partial charge in [0.1, 0.15) is 12.4 Å². The standard InChI is InChI=1S/C29H30ClF3N6O2/c1-7-26-17(4)28(41)39(35-18(5)20-8-10-24-21(12-20)14-38(36-24)16(2)3)19(6)37(26)15-27(40)34-25-11-9-22(13-23(25)30)29(31,32)33/h8-14,16H,6-7,15H2,1-5H3,(H,34,40)/b35-18+. The van der Waals surface area contributed by atoms with Gasteiger partial charge in [-0.3, -0.25) is 14.3 Å². The van der Waals surface area contributed by atoms with Crippen LogP contribution in [0, 0.1) is 0 Å². The number of carbonyl (C=O) groups is 2. The number of hydrogen-bond acceptors (Lipinski definition) is 5. The number of halogens is 4. The maximum absolute atomic E-state index is 13.3. The minimum absolute atomic E-state index is 0.0315. The Kier molecular flexibility index (Phi) is 8.30. The second-order valence-electron chi connectivity index (χ2n) is 9.95. The molecule has 8 nitrogen and oxygen atoms in total. The van der Waals surface area contributed by atoms with Crippen LogP contribution in [-0.4, -0.2) is 43.8 Å². The van der Waals surface area contributed by atoms with Gasteiger partial charge in [-0.2, -0.15) is 28.4 Å². The molecule has 2 amide bonds. The zero-order chi connectivity index (χ0) is 30.2. The summed E-state index contributed by atoms with van der Waals surface area (Å²) < 4.78 is 40.8. The van der Waals surface area contributed by atoms with E-state index in [4.69, 9.17) is 11.6 Å². The van der Waals surface area contributed by atoms with Gasteiger partial charge in [0.15, 0.2) is 0 Å². The molecule has 0 radical (unpaired) electrons. The molecule has 12 heteroatoms. The van der Waals surface area contributed by atoms with Gasteiger partial charge in [0.25, 0.3) is 5.91 Å². The normalized spacial score (nSPS) is 15.0. The van der Waals surface area contributed by atoms with Gasteiger partial charge in [-0.1, -0.05) is 31.2 Å². The number of rotatable bonds is 7. The van der Waals surface area contributed by atoms with Crippen molar-refractivity contribution in [1.82, 2.24) is 19.7 Å². The van der Waals surface area contributed by atoms with Crippen molar-refractivity contribution < 1.29 is 22.8 Å². The van der Waals surface area contributed by atoms with Crippen LogP contribution in [0.15, 0.2) is 71.4 Å². The molecule has 0 bridgehead atoms. The third-order valence-corrected chi connectivity index (χ3v) is 7.07. The molecule has 1 aliphatic rings. The maximum Gasteiger partial charge on any atom is 0.416 e. The Morgan fingerprint density at radius 3 is 2.51 bits per heavy atom. The Morgan fingerprint density at radius 2 is 1.90 bits per heavy atom. The van der Waals surface area contributed by atoms with Crippen molar-refractivity contribution in [2.45, 2.75) is 53.3 Å². The number of amides is 2. The van der Waals surface area contributed by atoms with E-state index < -0.39 is 17.6 Å². The van der Waals surface area contributed by atoms with Crippen LogP contribution in [0.2, 0.25) is 5.02 Å². The van der Waals surface area contributed by atoms with Crippen LogP contribution in [-0.2, 0) is 15.8 Å². The number of aromatic nitrogens is 2. The first-order chi connectivity index (χ1) is 19.2. The Labute approximate surface area is 240 Å². The predicted molar refractivity (Wildman–Crippen MR) is 153 cm³/mol. The van der Waals surface area contributed by atoms with E-state index in [0.29, 0.717) is 23.4 Å². The molecular formula is C29H30ClF3N6O2. The van der Waals surface area contributed by atoms with E-state index in [1.165, 1.54) is 0 Å². The number of alkyl halides is 3. The number of nitrogens with zero attached hydrogens (tertiary/aromatic N) is 5. The van der Waals surface area contributed by atoms with Crippen molar-refractivity contribution in [3.05, 3.63) is 82.4 Å². The summed E-state index contributed by atoms with van der Waals surface area (Å²) in [5, 5.41) is 13.5. The molecule has 0 fully saturated rings. The first-order valence-corrected chi connectivity index (χ1v) is 13.3. The van der Waals surface area contributed by atoms with E-state index >= 15 is 0 Å². The summed E-state index contributed by atoms with van der Waals surface area (Å²) in [6, 6.07) is 8.59. The van der Waals surface area contributed by atoms with Crippen LogP contribution in [0.3, 0.4) is 0 Å². The Bertz CT molecular complexity index is 1610. The van der Waals surface area contributed by atoms with Gasteiger partial charge in [0.05, 0.1) is 27.5 Å². The molecule has 2 heterocycles. The van der Waals surface area contributed by atoms with Crippen molar-refractivity contribution in [2.24, 2.45) is 5.10 Å². The van der Waals surface area contributed by atoms with Crippen LogP contribution in [0.5, 0.6) is 0 Å². The van der Waals surface area contributed by atoms with Crippen LogP contribution < -0.4 is 5.32 Å². The number of nitrogens with one attached hydrogen (secondary N) is 1. The topological polar surface area (TPSA) is 82.8 Å². The highest BCUT2D eigenvalue weighted by atomic mass is 35.5. The number of anilines is 1. The van der Waals surface area contributed by atoms with Crippen molar-refractivity contribution in [3.63, 3.8) is 0 Å². The van der Waals surface area contributed by atoms with Crippen LogP contribution >= 0.6 is 11.6 Å². The second kappa shape index (κ2) is 11.4. The fraction of sp³-hybridized carbons (Fsp3) is 0.310. The van der Waals surface area contributed by atoms with E-state index in [9.17, 15) is 22.8 Å². The SMILES string of the molecule is C=C1N(CC(=O)Nc2ccc(C(F)(F)F)cc2Cl)C(CC)=C(C)C(=O)N1/N=C(\C)c1ccc2nn(C(C)C)cc2c1. The summed E-state index contributed by atoms with van der Waals surface area (Å²) >= 11 is 6.01. The molecule has 1 aliphatic heterocycles. The highest BCUT2D eigenvalue weighted by molar-refractivity contribution is 6.33. The molecule has 0 saturated heterocycles. The van der Waals surface area contributed by atoms with Crippen molar-refractivity contribution >= 4 is 45.7 Å². The average molecular weight is 587 g/mol. The molecule has 0 unspecified atom stereocenters. The molecule has 0 saturated carbocycles. The van der Waals surface area contributed by atoms with Gasteiger partial charge in [0.2, 0.25) is 5.91 Å². The van der Waals surface area contributed by atoms with Gasteiger partial charge in [-0.25, -0.2) is 0 Å². The van der Waals surface area contributed by atoms with E-state index in [2.05, 4.69) is 22.1 Å². The van der Waals surface area contributed by atoms with Gasteiger partial charge in [-0.15, -0.1) is 0 Å². The first-order valence-electron chi connectivity index (χ1n) is 12.9. The minimum atomic E-state index is -4.56. The number of benzene rings is 2. The number of hydrogen-bond donors (Lipinski definition) is 1. The van der Waals surface area contributed by atoms with Crippen molar-refractivity contribution in [3.8, 4) is 0 Å². The van der Waals surface area contributed by atoms with Gasteiger partial charge in [0, 0.05) is 28.9 Å². The smallest absolute Gasteiger partial charge is 0.323 e. The lowest BCUT2D eigenvalue weighted by molar-refractivity contribution is -0.137. The first kappa shape index (κ1) is 29.9. The Morgan fingerprint density at radius 1 is 1.20 bits per heavy atom. The van der Waals surface area contributed by atoms with Gasteiger partial charge in [-0.05, 0) is 70.0 Å². The van der Waals surface area contributed by atoms with Crippen LogP contribution in [0.4, 0.5) is 18.9 Å². The van der Waals surface area contributed by atoms with E-state index in [-0.39, 0.29) is 35.0 Å². The van der Waals surface area contributed by atoms with E-state index in [1.807, 2.05) is 49.8 Å². The molecule has 1 aromatic heterocycles. The maximum atomic E-state index is 13.3. The number of fused-ring (bicyclic) bond motifs is 1. The fourth-order valence-electron chi connectivity index (χ4n) is 4.49. The summed E-state index contributed by atoms with van der Waals surface area (Å²) in [4.78, 5) is 27.8. The lowest BCUT2D eigenvalue weighted by Gasteiger charge is -2.38. The van der Waals surface area contributed by atoms with E-state index in [0.717, 1.165) is 39.7 Å². The van der Waals surface area contributed by atoms with E-state index in [1.54, 1.807) is 18.7 Å². The predicted octanol–water partition coefficient (Wildman–Crippen LogP) is 6.95. The largest absolute Gasteiger partial charge is 0.416 e. The quantitative estimate of drug-likeness (QED) is 0.304. The minimum Gasteiger partial charge on any atom is -0.323 e. The van der Waals surface area contributed by atoms with Gasteiger partial charge < -0.3 is 10.2 Å². The molecule has 0 spiro atoms. The number of hydrazone groups is 1. The lowest BCUT2D eigenvalue weighted by Crippen LogP contribution is -2.44. The van der Waals surface area contributed by atoms with Crippen molar-refractivity contribution in [1.29, 1.82) is 0 Å². The second-order valence-corrected chi connectivity index (χ2v) is 10.4. The molecule has 1 N–H and O–H groups in total. The highest BCUT2D eigenvalue weighted by Gasteiger charge is 2.34. The third-order valence-electron chi connectivity index (χ3n) is 6.75. The summed E-state index contributed by atoms with van der Waals surface area (Å²) in [5.74, 6) is -0.768. The number of allylic oxidation sites excluding steroid dienone is 1. The summed E-state index contributed by atoms with van der Waals surface area (Å²) in [7, 11) is 0. The fourth-order valence-corrected chi connectivity index (χ4v) is 4.71. The van der Waals surface area contributed by atoms with Crippen molar-refractivity contribution in [2.75, 3.05) is 11.9 Å². The molecular weight excluding hydrogens is 557 g/mol.